The third-order valence-electron chi connectivity index (χ3n) is 8.43. The number of phenolic OH excluding ortho intramolecular Hbond substituents is 4. The minimum Gasteiger partial charge on any atom is -0.507 e. The summed E-state index contributed by atoms with van der Waals surface area (Å²) in [5.74, 6) is -3.01. The molecule has 0 radical (unpaired) electrons. The molecule has 0 amide bonds. The summed E-state index contributed by atoms with van der Waals surface area (Å²) in [7, 11) is 0. The number of hydrogen-bond donors (Lipinski definition) is 5. The van der Waals surface area contributed by atoms with E-state index in [0.29, 0.717) is 12.0 Å². The second-order valence-corrected chi connectivity index (χ2v) is 11.5. The fraction of sp³-hybridized carbons (Fsp3) is 0.179. The van der Waals surface area contributed by atoms with Crippen molar-refractivity contribution in [1.82, 2.24) is 5.32 Å². The van der Waals surface area contributed by atoms with Gasteiger partial charge in [-0.05, 0) is 73.7 Å². The molecule has 0 saturated heterocycles. The van der Waals surface area contributed by atoms with Gasteiger partial charge in [-0.1, -0.05) is 91.0 Å². The number of carbonyl (C=O) groups is 2. The fourth-order valence-electron chi connectivity index (χ4n) is 5.93. The van der Waals surface area contributed by atoms with Crippen molar-refractivity contribution in [2.75, 3.05) is 6.54 Å². The number of rotatable bonds is 7. The highest BCUT2D eigenvalue weighted by Gasteiger charge is 2.39. The molecule has 0 saturated carbocycles. The van der Waals surface area contributed by atoms with E-state index in [-0.39, 0.29) is 45.8 Å². The van der Waals surface area contributed by atoms with Gasteiger partial charge in [0.2, 0.25) is 11.6 Å². The maximum Gasteiger partial charge on any atom is 0.202 e. The second kappa shape index (κ2) is 15.0. The predicted octanol–water partition coefficient (Wildman–Crippen LogP) is 7.88. The molecule has 5 N–H and O–H groups in total. The molecule has 0 heterocycles. The molecule has 1 aliphatic rings. The Morgan fingerprint density at radius 3 is 1.32 bits per heavy atom. The Morgan fingerprint density at radius 1 is 0.574 bits per heavy atom. The Morgan fingerprint density at radius 2 is 0.936 bits per heavy atom. The third kappa shape index (κ3) is 7.17. The van der Waals surface area contributed by atoms with Crippen LogP contribution >= 0.6 is 12.4 Å². The Balaban J connectivity index is 0.000000209. The molecular formula is C39H38ClNO6. The maximum atomic E-state index is 12.6. The lowest BCUT2D eigenvalue weighted by Crippen LogP contribution is -2.22. The van der Waals surface area contributed by atoms with E-state index in [9.17, 15) is 30.0 Å². The number of benzene rings is 5. The molecule has 8 heteroatoms. The summed E-state index contributed by atoms with van der Waals surface area (Å²) < 4.78 is 0. The van der Waals surface area contributed by atoms with Gasteiger partial charge in [-0.25, -0.2) is 0 Å². The van der Waals surface area contributed by atoms with E-state index in [0.717, 1.165) is 25.1 Å². The summed E-state index contributed by atoms with van der Waals surface area (Å²) in [5.41, 5.74) is 3.07. The van der Waals surface area contributed by atoms with Crippen LogP contribution in [0.1, 0.15) is 85.0 Å². The van der Waals surface area contributed by atoms with E-state index in [1.807, 2.05) is 0 Å². The Bertz CT molecular complexity index is 1760. The van der Waals surface area contributed by atoms with Crippen LogP contribution in [-0.4, -0.2) is 38.5 Å². The first-order valence-electron chi connectivity index (χ1n) is 15.2. The zero-order valence-corrected chi connectivity index (χ0v) is 27.2. The Labute approximate surface area is 280 Å². The van der Waals surface area contributed by atoms with Crippen molar-refractivity contribution in [3.05, 3.63) is 153 Å². The molecule has 7 nitrogen and oxygen atoms in total. The normalized spacial score (nSPS) is 12.3. The molecule has 5 aromatic carbocycles. The van der Waals surface area contributed by atoms with Gasteiger partial charge in [0.1, 0.15) is 23.0 Å². The largest absolute Gasteiger partial charge is 0.507 e. The zero-order chi connectivity index (χ0) is 33.0. The number of aromatic hydroxyl groups is 4. The summed E-state index contributed by atoms with van der Waals surface area (Å²) in [6.45, 7) is 6.16. The van der Waals surface area contributed by atoms with Crippen LogP contribution in [0.2, 0.25) is 0 Å². The van der Waals surface area contributed by atoms with Crippen LogP contribution in [0.5, 0.6) is 23.0 Å². The summed E-state index contributed by atoms with van der Waals surface area (Å²) in [6, 6.07) is 35.0. The molecule has 5 aromatic rings. The van der Waals surface area contributed by atoms with Crippen LogP contribution in [-0.2, 0) is 0 Å². The van der Waals surface area contributed by atoms with Crippen molar-refractivity contribution in [1.29, 1.82) is 0 Å². The molecule has 242 valence electrons. The van der Waals surface area contributed by atoms with E-state index >= 15 is 0 Å². The van der Waals surface area contributed by atoms with Gasteiger partial charge in [0.15, 0.2) is 0 Å². The number of carbonyl (C=O) groups excluding carboxylic acids is 2. The zero-order valence-electron chi connectivity index (χ0n) is 26.4. The SMILES string of the molecule is CC(NCCC(c1ccccc1)c1ccccc1)c1ccccc1.Cc1cc(O)c2c(c1O)C(=O)c1c(O)cc(C)c(O)c1C2=O.Cl. The van der Waals surface area contributed by atoms with E-state index in [1.54, 1.807) is 0 Å². The lowest BCUT2D eigenvalue weighted by atomic mass is 9.80. The number of aryl methyl sites for hydroxylation is 2. The van der Waals surface area contributed by atoms with Crippen molar-refractivity contribution in [2.24, 2.45) is 0 Å². The third-order valence-corrected chi connectivity index (χ3v) is 8.43. The summed E-state index contributed by atoms with van der Waals surface area (Å²) in [5, 5.41) is 43.8. The number of hydrogen-bond acceptors (Lipinski definition) is 7. The first-order chi connectivity index (χ1) is 22.1. The van der Waals surface area contributed by atoms with Crippen LogP contribution < -0.4 is 5.32 Å². The smallest absolute Gasteiger partial charge is 0.202 e. The van der Waals surface area contributed by atoms with Gasteiger partial charge in [-0.2, -0.15) is 0 Å². The average Bonchev–Trinajstić information content (AvgIpc) is 3.06. The van der Waals surface area contributed by atoms with Crippen molar-refractivity contribution < 1.29 is 30.0 Å². The molecular weight excluding hydrogens is 614 g/mol. The molecule has 1 aliphatic carbocycles. The van der Waals surface area contributed by atoms with Crippen molar-refractivity contribution in [3.63, 3.8) is 0 Å². The van der Waals surface area contributed by atoms with Crippen molar-refractivity contribution >= 4 is 24.0 Å². The molecule has 6 rings (SSSR count). The topological polar surface area (TPSA) is 127 Å². The second-order valence-electron chi connectivity index (χ2n) is 11.5. The van der Waals surface area contributed by atoms with Gasteiger partial charge in [0, 0.05) is 12.0 Å². The van der Waals surface area contributed by atoms with Gasteiger partial charge in [-0.15, -0.1) is 12.4 Å². The van der Waals surface area contributed by atoms with Crippen LogP contribution in [0.15, 0.2) is 103 Å². The van der Waals surface area contributed by atoms with Gasteiger partial charge in [-0.3, -0.25) is 9.59 Å². The van der Waals surface area contributed by atoms with Crippen LogP contribution in [0.4, 0.5) is 0 Å². The van der Waals surface area contributed by atoms with Crippen molar-refractivity contribution in [2.45, 2.75) is 39.2 Å². The molecule has 0 aromatic heterocycles. The van der Waals surface area contributed by atoms with Gasteiger partial charge < -0.3 is 25.7 Å². The molecule has 0 fully saturated rings. The van der Waals surface area contributed by atoms with Crippen molar-refractivity contribution in [3.8, 4) is 23.0 Å². The maximum absolute atomic E-state index is 12.6. The van der Waals surface area contributed by atoms with E-state index in [2.05, 4.69) is 103 Å². The quantitative estimate of drug-likeness (QED) is 0.111. The summed E-state index contributed by atoms with van der Waals surface area (Å²) in [4.78, 5) is 25.1. The highest BCUT2D eigenvalue weighted by atomic mass is 35.5. The number of halogens is 1. The molecule has 1 atom stereocenters. The van der Waals surface area contributed by atoms with Crippen LogP contribution in [0, 0.1) is 13.8 Å². The average molecular weight is 652 g/mol. The molecule has 0 spiro atoms. The van der Waals surface area contributed by atoms with E-state index in [1.165, 1.54) is 30.5 Å². The lowest BCUT2D eigenvalue weighted by Gasteiger charge is -2.22. The minimum absolute atomic E-state index is 0. The monoisotopic (exact) mass is 651 g/mol. The van der Waals surface area contributed by atoms with E-state index in [4.69, 9.17) is 0 Å². The minimum atomic E-state index is -0.825. The molecule has 47 heavy (non-hydrogen) atoms. The number of nitrogens with one attached hydrogen (secondary N) is 1. The Hall–Kier alpha value is -5.11. The highest BCUT2D eigenvalue weighted by Crippen LogP contribution is 2.45. The Kier molecular flexibility index (Phi) is 11.1. The number of ketones is 2. The molecule has 0 aliphatic heterocycles. The van der Waals surface area contributed by atoms with Gasteiger partial charge >= 0.3 is 0 Å². The standard InChI is InChI=1S/C23H25N.C16H12O6.ClH/c1-19(20-11-5-2-6-12-20)24-18-17-23(21-13-7-3-8-14-21)22-15-9-4-10-16-22;1-5-3-7(17)9-11(13(5)19)15(21)10-8(18)4-6(2)14(20)12(10)16(9)22;/h2-16,19,23-24H,17-18H2,1H3;3-4,17-20H,1-2H3;1H. The first-order valence-corrected chi connectivity index (χ1v) is 15.2. The molecule has 1 unspecified atom stereocenters. The summed E-state index contributed by atoms with van der Waals surface area (Å²) >= 11 is 0. The van der Waals surface area contributed by atoms with Crippen LogP contribution in [0.25, 0.3) is 0 Å². The first kappa shape index (κ1) is 34.8. The lowest BCUT2D eigenvalue weighted by molar-refractivity contribution is 0.0969. The highest BCUT2D eigenvalue weighted by molar-refractivity contribution is 6.32. The number of phenols is 4. The predicted molar refractivity (Wildman–Crippen MR) is 185 cm³/mol. The van der Waals surface area contributed by atoms with Gasteiger partial charge in [0.25, 0.3) is 0 Å². The summed E-state index contributed by atoms with van der Waals surface area (Å²) in [6.07, 6.45) is 1.09. The fourth-order valence-corrected chi connectivity index (χ4v) is 5.93. The van der Waals surface area contributed by atoms with E-state index < -0.39 is 34.6 Å². The van der Waals surface area contributed by atoms with Gasteiger partial charge in [0.05, 0.1) is 22.3 Å². The van der Waals surface area contributed by atoms with Crippen LogP contribution in [0.3, 0.4) is 0 Å². The molecule has 0 bridgehead atoms. The number of fused-ring (bicyclic) bond motifs is 2.